The number of carbonyl (C=O) groups is 2. The second-order valence-corrected chi connectivity index (χ2v) is 7.77. The Labute approximate surface area is 147 Å². The van der Waals surface area contributed by atoms with Crippen LogP contribution in [0.3, 0.4) is 0 Å². The second-order valence-electron chi connectivity index (χ2n) is 7.77. The maximum absolute atomic E-state index is 12.5. The van der Waals surface area contributed by atoms with Gasteiger partial charge in [-0.3, -0.25) is 9.59 Å². The van der Waals surface area contributed by atoms with E-state index in [2.05, 4.69) is 10.1 Å². The zero-order valence-electron chi connectivity index (χ0n) is 14.7. The van der Waals surface area contributed by atoms with Crippen molar-refractivity contribution < 1.29 is 18.8 Å². The molecule has 4 rings (SSSR count). The van der Waals surface area contributed by atoms with Gasteiger partial charge >= 0.3 is 0 Å². The summed E-state index contributed by atoms with van der Waals surface area (Å²) in [6.07, 6.45) is 6.21. The summed E-state index contributed by atoms with van der Waals surface area (Å²) in [6, 6.07) is 1.52. The van der Waals surface area contributed by atoms with Gasteiger partial charge in [0, 0.05) is 38.0 Å². The maximum Gasteiger partial charge on any atom is 0.292 e. The van der Waals surface area contributed by atoms with Gasteiger partial charge in [-0.25, -0.2) is 0 Å². The number of aromatic nitrogens is 1. The smallest absolute Gasteiger partial charge is 0.292 e. The van der Waals surface area contributed by atoms with Gasteiger partial charge in [-0.2, -0.15) is 0 Å². The molecule has 1 aromatic rings. The van der Waals surface area contributed by atoms with Crippen molar-refractivity contribution in [1.82, 2.24) is 15.0 Å². The van der Waals surface area contributed by atoms with E-state index in [1.807, 2.05) is 0 Å². The van der Waals surface area contributed by atoms with E-state index in [0.717, 1.165) is 25.9 Å². The van der Waals surface area contributed by atoms with E-state index in [9.17, 15) is 9.59 Å². The Hall–Kier alpha value is -2.05. The van der Waals surface area contributed by atoms with Crippen LogP contribution >= 0.6 is 0 Å². The number of methoxy groups -OCH3 is 1. The lowest BCUT2D eigenvalue weighted by Gasteiger charge is -2.39. The van der Waals surface area contributed by atoms with E-state index in [0.29, 0.717) is 37.2 Å². The van der Waals surface area contributed by atoms with E-state index in [1.165, 1.54) is 32.4 Å². The van der Waals surface area contributed by atoms with Crippen molar-refractivity contribution in [3.8, 4) is 5.88 Å². The van der Waals surface area contributed by atoms with Crippen LogP contribution in [-0.2, 0) is 4.79 Å². The van der Waals surface area contributed by atoms with Crippen LogP contribution in [0.1, 0.15) is 49.1 Å². The summed E-state index contributed by atoms with van der Waals surface area (Å²) < 4.78 is 10.0. The fraction of sp³-hybridized carbons (Fsp3) is 0.722. The van der Waals surface area contributed by atoms with Crippen molar-refractivity contribution in [2.75, 3.05) is 33.3 Å². The predicted molar refractivity (Wildman–Crippen MR) is 89.2 cm³/mol. The van der Waals surface area contributed by atoms with Gasteiger partial charge in [-0.15, -0.1) is 0 Å². The number of carbonyl (C=O) groups excluding carboxylic acids is 2. The molecule has 0 unspecified atom stereocenters. The molecule has 2 saturated heterocycles. The summed E-state index contributed by atoms with van der Waals surface area (Å²) >= 11 is 0. The molecule has 7 heteroatoms. The molecule has 2 aliphatic heterocycles. The first-order valence-corrected chi connectivity index (χ1v) is 9.16. The van der Waals surface area contributed by atoms with E-state index in [4.69, 9.17) is 9.26 Å². The van der Waals surface area contributed by atoms with Crippen molar-refractivity contribution in [1.29, 1.82) is 0 Å². The van der Waals surface area contributed by atoms with Gasteiger partial charge in [0.1, 0.15) is 0 Å². The Morgan fingerprint density at radius 3 is 2.76 bits per heavy atom. The van der Waals surface area contributed by atoms with Crippen molar-refractivity contribution in [3.05, 3.63) is 11.8 Å². The molecule has 0 bridgehead atoms. The molecule has 0 radical (unpaired) electrons. The molecule has 1 saturated carbocycles. The van der Waals surface area contributed by atoms with E-state index in [1.54, 1.807) is 4.90 Å². The lowest BCUT2D eigenvalue weighted by molar-refractivity contribution is -0.128. The Kier molecular flexibility index (Phi) is 4.17. The molecule has 2 amide bonds. The van der Waals surface area contributed by atoms with Crippen molar-refractivity contribution >= 4 is 11.8 Å². The summed E-state index contributed by atoms with van der Waals surface area (Å²) in [7, 11) is 1.49. The van der Waals surface area contributed by atoms with Gasteiger partial charge in [0.2, 0.25) is 11.7 Å². The van der Waals surface area contributed by atoms with E-state index < -0.39 is 0 Å². The number of piperidine rings is 1. The molecular formula is C18H25N3O4. The second kappa shape index (κ2) is 6.35. The molecule has 7 nitrogen and oxygen atoms in total. The highest BCUT2D eigenvalue weighted by Crippen LogP contribution is 2.42. The minimum absolute atomic E-state index is 0.0523. The molecule has 1 spiro atoms. The molecule has 1 aromatic heterocycles. The highest BCUT2D eigenvalue weighted by atomic mass is 16.5. The third-order valence-electron chi connectivity index (χ3n) is 6.13. The topological polar surface area (TPSA) is 75.9 Å². The first-order valence-electron chi connectivity index (χ1n) is 9.16. The van der Waals surface area contributed by atoms with Crippen LogP contribution in [-0.4, -0.2) is 60.1 Å². The SMILES string of the molecule is COc1cc(C(=O)N2CCC3(CC2)CC(=O)N(CC2CCC2)C3)on1. The predicted octanol–water partition coefficient (Wildman–Crippen LogP) is 1.94. The van der Waals surface area contributed by atoms with Crippen LogP contribution < -0.4 is 4.74 Å². The Bertz CT molecular complexity index is 659. The van der Waals surface area contributed by atoms with Crippen LogP contribution in [0.2, 0.25) is 0 Å². The largest absolute Gasteiger partial charge is 0.479 e. The third kappa shape index (κ3) is 3.12. The Morgan fingerprint density at radius 2 is 2.16 bits per heavy atom. The average molecular weight is 347 g/mol. The van der Waals surface area contributed by atoms with Gasteiger partial charge in [0.15, 0.2) is 0 Å². The number of rotatable bonds is 4. The molecule has 1 aliphatic carbocycles. The highest BCUT2D eigenvalue weighted by molar-refractivity contribution is 5.91. The average Bonchev–Trinajstić information content (AvgIpc) is 3.16. The van der Waals surface area contributed by atoms with Gasteiger partial charge in [0.05, 0.1) is 13.2 Å². The summed E-state index contributed by atoms with van der Waals surface area (Å²) in [5.74, 6) is 1.38. The van der Waals surface area contributed by atoms with Crippen LogP contribution in [0.5, 0.6) is 5.88 Å². The van der Waals surface area contributed by atoms with Gasteiger partial charge in [-0.05, 0) is 36.8 Å². The fourth-order valence-corrected chi connectivity index (χ4v) is 4.27. The number of amides is 2. The van der Waals surface area contributed by atoms with Crippen molar-refractivity contribution in [2.45, 2.75) is 38.5 Å². The number of hydrogen-bond donors (Lipinski definition) is 0. The Balaban J connectivity index is 1.34. The molecule has 3 heterocycles. The van der Waals surface area contributed by atoms with Crippen molar-refractivity contribution in [2.24, 2.45) is 11.3 Å². The number of likely N-dealkylation sites (tertiary alicyclic amines) is 2. The van der Waals surface area contributed by atoms with Gasteiger partial charge < -0.3 is 19.1 Å². The summed E-state index contributed by atoms with van der Waals surface area (Å²) in [6.45, 7) is 3.11. The highest BCUT2D eigenvalue weighted by Gasteiger charge is 2.46. The fourth-order valence-electron chi connectivity index (χ4n) is 4.27. The molecule has 3 aliphatic rings. The van der Waals surface area contributed by atoms with Crippen LogP contribution in [0.25, 0.3) is 0 Å². The van der Waals surface area contributed by atoms with Crippen molar-refractivity contribution in [3.63, 3.8) is 0 Å². The zero-order chi connectivity index (χ0) is 17.4. The molecule has 0 N–H and O–H groups in total. The monoisotopic (exact) mass is 347 g/mol. The molecule has 25 heavy (non-hydrogen) atoms. The minimum atomic E-state index is -0.152. The molecule has 136 valence electrons. The zero-order valence-corrected chi connectivity index (χ0v) is 14.7. The number of hydrogen-bond acceptors (Lipinski definition) is 5. The van der Waals surface area contributed by atoms with E-state index >= 15 is 0 Å². The lowest BCUT2D eigenvalue weighted by Crippen LogP contribution is -2.44. The third-order valence-corrected chi connectivity index (χ3v) is 6.13. The maximum atomic E-state index is 12.5. The number of ether oxygens (including phenoxy) is 1. The first-order chi connectivity index (χ1) is 12.1. The summed E-state index contributed by atoms with van der Waals surface area (Å²) in [4.78, 5) is 28.8. The molecule has 0 aromatic carbocycles. The normalized spacial score (nSPS) is 23.2. The summed E-state index contributed by atoms with van der Waals surface area (Å²) in [5.41, 5.74) is 0.0523. The summed E-state index contributed by atoms with van der Waals surface area (Å²) in [5, 5.41) is 3.69. The molecule has 3 fully saturated rings. The quantitative estimate of drug-likeness (QED) is 0.832. The van der Waals surface area contributed by atoms with Crippen LogP contribution in [0, 0.1) is 11.3 Å². The molecular weight excluding hydrogens is 322 g/mol. The minimum Gasteiger partial charge on any atom is -0.479 e. The lowest BCUT2D eigenvalue weighted by atomic mass is 9.77. The standard InChI is InChI=1S/C18H25N3O4/c1-24-15-9-14(25-19-15)17(23)20-7-5-18(6-8-20)10-16(22)21(12-18)11-13-3-2-4-13/h9,13H,2-8,10-12H2,1H3. The van der Waals surface area contributed by atoms with Gasteiger partial charge in [-0.1, -0.05) is 6.42 Å². The number of nitrogens with zero attached hydrogens (tertiary/aromatic N) is 3. The Morgan fingerprint density at radius 1 is 1.40 bits per heavy atom. The van der Waals surface area contributed by atoms with E-state index in [-0.39, 0.29) is 17.1 Å². The van der Waals surface area contributed by atoms with Gasteiger partial charge in [0.25, 0.3) is 11.8 Å². The molecule has 0 atom stereocenters. The first kappa shape index (κ1) is 16.4. The van der Waals surface area contributed by atoms with Crippen LogP contribution in [0.4, 0.5) is 0 Å². The van der Waals surface area contributed by atoms with Crippen LogP contribution in [0.15, 0.2) is 10.6 Å².